The Bertz CT molecular complexity index is 263. The molecule has 1 aliphatic rings. The molecular weight excluding hydrogens is 180 g/mol. The molecule has 0 aromatic carbocycles. The first kappa shape index (κ1) is 10.8. The number of hydrogen-bond donors (Lipinski definition) is 0. The number of carbonyl (C=O) groups excluding carboxylic acids is 1. The molecule has 0 fully saturated rings. The van der Waals surface area contributed by atoms with E-state index in [1.807, 2.05) is 19.4 Å². The van der Waals surface area contributed by atoms with E-state index in [0.717, 1.165) is 13.2 Å². The number of carbonyl (C=O) groups is 1. The van der Waals surface area contributed by atoms with E-state index in [-0.39, 0.29) is 5.97 Å². The molecule has 0 bridgehead atoms. The van der Waals surface area contributed by atoms with Crippen LogP contribution in [0.5, 0.6) is 0 Å². The van der Waals surface area contributed by atoms with Crippen LogP contribution in [0.15, 0.2) is 25.2 Å². The minimum absolute atomic E-state index is 0.234. The van der Waals surface area contributed by atoms with Crippen molar-refractivity contribution >= 4 is 5.97 Å². The predicted molar refractivity (Wildman–Crippen MR) is 53.7 cm³/mol. The number of esters is 1. The monoisotopic (exact) mass is 197 g/mol. The van der Waals surface area contributed by atoms with Gasteiger partial charge in [0.25, 0.3) is 0 Å². The molecule has 14 heavy (non-hydrogen) atoms. The molecule has 0 saturated heterocycles. The van der Waals surface area contributed by atoms with Crippen LogP contribution in [0.25, 0.3) is 0 Å². The van der Waals surface area contributed by atoms with Crippen LogP contribution in [0.4, 0.5) is 0 Å². The van der Waals surface area contributed by atoms with Crippen LogP contribution < -0.4 is 0 Å². The highest BCUT2D eigenvalue weighted by atomic mass is 16.5. The first-order chi connectivity index (χ1) is 6.62. The molecule has 1 unspecified atom stereocenters. The zero-order valence-electron chi connectivity index (χ0n) is 8.77. The quantitative estimate of drug-likeness (QED) is 0.381. The Labute approximate surface area is 84.6 Å². The lowest BCUT2D eigenvalue weighted by Crippen LogP contribution is -2.47. The Kier molecular flexibility index (Phi) is 3.30. The molecule has 0 amide bonds. The maximum absolute atomic E-state index is 11.3. The van der Waals surface area contributed by atoms with E-state index in [4.69, 9.17) is 4.74 Å². The summed E-state index contributed by atoms with van der Waals surface area (Å²) in [6, 6.07) is 0. The van der Waals surface area contributed by atoms with Gasteiger partial charge in [-0.1, -0.05) is 6.58 Å². The lowest BCUT2D eigenvalue weighted by Gasteiger charge is -2.29. The van der Waals surface area contributed by atoms with E-state index >= 15 is 0 Å². The smallest absolute Gasteiger partial charge is 0.367 e. The molecule has 0 aromatic heterocycles. The Hall–Kier alpha value is -1.29. The second kappa shape index (κ2) is 4.28. The molecule has 4 heteroatoms. The zero-order valence-corrected chi connectivity index (χ0v) is 8.77. The van der Waals surface area contributed by atoms with Gasteiger partial charge in [0.05, 0.1) is 19.0 Å². The lowest BCUT2D eigenvalue weighted by molar-refractivity contribution is -0.872. The van der Waals surface area contributed by atoms with Gasteiger partial charge in [-0.05, 0) is 6.92 Å². The number of likely N-dealkylation sites (N-methyl/N-ethyl adjacent to an activating group) is 1. The largest absolute Gasteiger partial charge is 0.431 e. The summed E-state index contributed by atoms with van der Waals surface area (Å²) in [5.41, 5.74) is 0. The van der Waals surface area contributed by atoms with Gasteiger partial charge in [0.2, 0.25) is 0 Å². The molecule has 1 aliphatic heterocycles. The van der Waals surface area contributed by atoms with Crippen molar-refractivity contribution in [2.24, 2.45) is 0 Å². The fourth-order valence-corrected chi connectivity index (χ4v) is 1.60. The third-order valence-electron chi connectivity index (χ3n) is 2.43. The molecule has 78 valence electrons. The average Bonchev–Trinajstić information content (AvgIpc) is 2.48. The fourth-order valence-electron chi connectivity index (χ4n) is 1.60. The van der Waals surface area contributed by atoms with Crippen molar-refractivity contribution in [3.63, 3.8) is 0 Å². The Morgan fingerprint density at radius 2 is 2.50 bits per heavy atom. The normalized spacial score (nSPS) is 25.1. The fraction of sp³-hybridized carbons (Fsp3) is 0.500. The van der Waals surface area contributed by atoms with E-state index in [9.17, 15) is 4.79 Å². The molecule has 1 rings (SSSR count). The SMILES string of the molecule is C=COC(=O)C[N+]1(CC)C=CN(C)C1. The lowest BCUT2D eigenvalue weighted by atomic mass is 10.4. The zero-order chi connectivity index (χ0) is 10.6. The van der Waals surface area contributed by atoms with Gasteiger partial charge in [-0.2, -0.15) is 0 Å². The van der Waals surface area contributed by atoms with Gasteiger partial charge >= 0.3 is 5.97 Å². The summed E-state index contributed by atoms with van der Waals surface area (Å²) in [4.78, 5) is 13.4. The maximum atomic E-state index is 11.3. The molecule has 1 atom stereocenters. The molecule has 0 N–H and O–H groups in total. The van der Waals surface area contributed by atoms with Gasteiger partial charge in [-0.15, -0.1) is 0 Å². The van der Waals surface area contributed by atoms with Crippen molar-refractivity contribution in [1.29, 1.82) is 0 Å². The van der Waals surface area contributed by atoms with E-state index in [2.05, 4.69) is 18.4 Å². The van der Waals surface area contributed by atoms with Crippen molar-refractivity contribution in [3.8, 4) is 0 Å². The molecule has 1 heterocycles. The van der Waals surface area contributed by atoms with Crippen LogP contribution >= 0.6 is 0 Å². The highest BCUT2D eigenvalue weighted by molar-refractivity contribution is 5.71. The standard InChI is InChI=1S/C10H17N2O2/c1-4-12(7-6-11(3)9-12)8-10(13)14-5-2/h5-7H,2,4,8-9H2,1,3H3/q+1. The van der Waals surface area contributed by atoms with Gasteiger partial charge in [0, 0.05) is 7.05 Å². The molecule has 0 saturated carbocycles. The molecule has 4 nitrogen and oxygen atoms in total. The number of quaternary nitrogens is 1. The highest BCUT2D eigenvalue weighted by Crippen LogP contribution is 2.16. The van der Waals surface area contributed by atoms with E-state index < -0.39 is 0 Å². The van der Waals surface area contributed by atoms with Crippen LogP contribution in [0, 0.1) is 0 Å². The molecule has 0 aromatic rings. The minimum Gasteiger partial charge on any atom is -0.431 e. The third-order valence-corrected chi connectivity index (χ3v) is 2.43. The van der Waals surface area contributed by atoms with Crippen molar-refractivity contribution in [2.45, 2.75) is 6.92 Å². The van der Waals surface area contributed by atoms with E-state index in [0.29, 0.717) is 11.0 Å². The molecular formula is C10H17N2O2+. The van der Waals surface area contributed by atoms with Crippen LogP contribution in [-0.4, -0.2) is 42.2 Å². The summed E-state index contributed by atoms with van der Waals surface area (Å²) in [6.07, 6.45) is 5.20. The van der Waals surface area contributed by atoms with Crippen LogP contribution in [0.3, 0.4) is 0 Å². The van der Waals surface area contributed by atoms with Crippen molar-refractivity contribution in [3.05, 3.63) is 25.2 Å². The maximum Gasteiger partial charge on any atom is 0.367 e. The van der Waals surface area contributed by atoms with Gasteiger partial charge in [0.15, 0.2) is 13.2 Å². The van der Waals surface area contributed by atoms with Gasteiger partial charge in [-0.25, -0.2) is 4.79 Å². The van der Waals surface area contributed by atoms with Gasteiger partial charge < -0.3 is 9.64 Å². The number of hydrogen-bond acceptors (Lipinski definition) is 3. The average molecular weight is 197 g/mol. The third kappa shape index (κ3) is 2.35. The van der Waals surface area contributed by atoms with E-state index in [1.54, 1.807) is 0 Å². The molecule has 0 spiro atoms. The van der Waals surface area contributed by atoms with Crippen molar-refractivity contribution in [1.82, 2.24) is 4.90 Å². The summed E-state index contributed by atoms with van der Waals surface area (Å²) >= 11 is 0. The summed E-state index contributed by atoms with van der Waals surface area (Å²) in [5, 5.41) is 0. The Balaban J connectivity index is 2.59. The van der Waals surface area contributed by atoms with Crippen LogP contribution in [-0.2, 0) is 9.53 Å². The number of ether oxygens (including phenoxy) is 1. The molecule has 0 aliphatic carbocycles. The van der Waals surface area contributed by atoms with Gasteiger partial charge in [-0.3, -0.25) is 4.48 Å². The summed E-state index contributed by atoms with van der Waals surface area (Å²) in [6.45, 7) is 7.49. The minimum atomic E-state index is -0.234. The summed E-state index contributed by atoms with van der Waals surface area (Å²) in [5.74, 6) is -0.234. The van der Waals surface area contributed by atoms with Crippen LogP contribution in [0.1, 0.15) is 6.92 Å². The predicted octanol–water partition coefficient (Wildman–Crippen LogP) is 0.884. The summed E-state index contributed by atoms with van der Waals surface area (Å²) in [7, 11) is 1.99. The number of rotatable bonds is 4. The van der Waals surface area contributed by atoms with E-state index in [1.165, 1.54) is 6.26 Å². The van der Waals surface area contributed by atoms with Crippen molar-refractivity contribution in [2.75, 3.05) is 26.8 Å². The Morgan fingerprint density at radius 3 is 2.93 bits per heavy atom. The topological polar surface area (TPSA) is 29.5 Å². The first-order valence-corrected chi connectivity index (χ1v) is 4.67. The second-order valence-corrected chi connectivity index (χ2v) is 3.55. The molecule has 0 radical (unpaired) electrons. The Morgan fingerprint density at radius 1 is 1.79 bits per heavy atom. The summed E-state index contributed by atoms with van der Waals surface area (Å²) < 4.78 is 5.35. The first-order valence-electron chi connectivity index (χ1n) is 4.67. The highest BCUT2D eigenvalue weighted by Gasteiger charge is 2.32. The number of nitrogens with zero attached hydrogens (tertiary/aromatic N) is 2. The van der Waals surface area contributed by atoms with Gasteiger partial charge in [0.1, 0.15) is 6.20 Å². The van der Waals surface area contributed by atoms with Crippen LogP contribution in [0.2, 0.25) is 0 Å². The van der Waals surface area contributed by atoms with Crippen molar-refractivity contribution < 1.29 is 14.0 Å². The second-order valence-electron chi connectivity index (χ2n) is 3.55.